The molecule has 0 aliphatic carbocycles. The summed E-state index contributed by atoms with van der Waals surface area (Å²) in [6, 6.07) is 3.81. The molecule has 0 radical (unpaired) electrons. The van der Waals surface area contributed by atoms with Crippen molar-refractivity contribution in [3.63, 3.8) is 0 Å². The van der Waals surface area contributed by atoms with Crippen LogP contribution in [0.15, 0.2) is 23.1 Å². The lowest BCUT2D eigenvalue weighted by molar-refractivity contribution is 0.354. The third-order valence-corrected chi connectivity index (χ3v) is 4.54. The number of sulfonamides is 1. The fourth-order valence-corrected chi connectivity index (χ4v) is 3.11. The molecule has 2 aromatic rings. The van der Waals surface area contributed by atoms with Crippen molar-refractivity contribution in [3.05, 3.63) is 29.8 Å². The van der Waals surface area contributed by atoms with Gasteiger partial charge in [-0.25, -0.2) is 18.1 Å². The number of aromatic amines is 1. The van der Waals surface area contributed by atoms with Crippen molar-refractivity contribution in [3.8, 4) is 11.5 Å². The molecule has 0 saturated heterocycles. The number of H-pyrrole nitrogens is 1. The van der Waals surface area contributed by atoms with E-state index in [2.05, 4.69) is 19.9 Å². The molecule has 0 bridgehead atoms. The van der Waals surface area contributed by atoms with Gasteiger partial charge in [0.1, 0.15) is 5.82 Å². The molecule has 1 aromatic heterocycles. The Morgan fingerprint density at radius 1 is 1.23 bits per heavy atom. The maximum Gasteiger partial charge on any atom is 0.241 e. The predicted octanol–water partition coefficient (Wildman–Crippen LogP) is 1.17. The second-order valence-corrected chi connectivity index (χ2v) is 6.35. The number of nitrogens with zero attached hydrogens (tertiary/aromatic N) is 2. The van der Waals surface area contributed by atoms with Gasteiger partial charge in [0.2, 0.25) is 10.0 Å². The molecule has 1 unspecified atom stereocenters. The first-order valence-corrected chi connectivity index (χ1v) is 7.99. The van der Waals surface area contributed by atoms with E-state index in [9.17, 15) is 8.42 Å². The molecule has 1 heterocycles. The Morgan fingerprint density at radius 3 is 2.45 bits per heavy atom. The van der Waals surface area contributed by atoms with Gasteiger partial charge in [0, 0.05) is 6.07 Å². The molecule has 2 N–H and O–H groups in total. The molecule has 0 spiro atoms. The summed E-state index contributed by atoms with van der Waals surface area (Å²) in [6.45, 7) is 3.41. The summed E-state index contributed by atoms with van der Waals surface area (Å²) < 4.78 is 37.6. The summed E-state index contributed by atoms with van der Waals surface area (Å²) in [5.74, 6) is 1.79. The summed E-state index contributed by atoms with van der Waals surface area (Å²) in [4.78, 5) is 4.18. The van der Waals surface area contributed by atoms with Crippen LogP contribution in [0.1, 0.15) is 24.6 Å². The van der Waals surface area contributed by atoms with Crippen LogP contribution in [0.25, 0.3) is 0 Å². The third-order valence-electron chi connectivity index (χ3n) is 3.00. The summed E-state index contributed by atoms with van der Waals surface area (Å²) in [5.41, 5.74) is 0. The molecular weight excluding hydrogens is 308 g/mol. The molecule has 9 heteroatoms. The van der Waals surface area contributed by atoms with Gasteiger partial charge in [0.15, 0.2) is 17.3 Å². The normalized spacial score (nSPS) is 12.9. The van der Waals surface area contributed by atoms with E-state index in [1.165, 1.54) is 32.4 Å². The molecule has 120 valence electrons. The number of methoxy groups -OCH3 is 2. The highest BCUT2D eigenvalue weighted by Crippen LogP contribution is 2.29. The molecule has 8 nitrogen and oxygen atoms in total. The average Bonchev–Trinajstić information content (AvgIpc) is 2.92. The van der Waals surface area contributed by atoms with Crippen molar-refractivity contribution in [2.24, 2.45) is 0 Å². The molecule has 1 aromatic carbocycles. The van der Waals surface area contributed by atoms with E-state index in [-0.39, 0.29) is 4.90 Å². The first kappa shape index (κ1) is 16.2. The predicted molar refractivity (Wildman–Crippen MR) is 79.4 cm³/mol. The number of hydrogen-bond donors (Lipinski definition) is 2. The number of benzene rings is 1. The van der Waals surface area contributed by atoms with E-state index < -0.39 is 16.1 Å². The fourth-order valence-electron chi connectivity index (χ4n) is 1.89. The molecule has 0 aliphatic heterocycles. The highest BCUT2D eigenvalue weighted by atomic mass is 32.2. The zero-order chi connectivity index (χ0) is 16.3. The molecule has 2 rings (SSSR count). The zero-order valence-corrected chi connectivity index (χ0v) is 13.6. The maximum atomic E-state index is 12.4. The Morgan fingerprint density at radius 2 is 1.91 bits per heavy atom. The van der Waals surface area contributed by atoms with Gasteiger partial charge in [-0.05, 0) is 26.0 Å². The van der Waals surface area contributed by atoms with E-state index in [1.807, 2.05) is 0 Å². The molecule has 0 aliphatic rings. The van der Waals surface area contributed by atoms with Gasteiger partial charge in [-0.2, -0.15) is 5.10 Å². The number of hydrogen-bond acceptors (Lipinski definition) is 6. The number of aryl methyl sites for hydroxylation is 1. The van der Waals surface area contributed by atoms with E-state index in [4.69, 9.17) is 9.47 Å². The smallest absolute Gasteiger partial charge is 0.241 e. The average molecular weight is 326 g/mol. The van der Waals surface area contributed by atoms with Crippen LogP contribution >= 0.6 is 0 Å². The summed E-state index contributed by atoms with van der Waals surface area (Å²) in [5, 5.41) is 6.62. The van der Waals surface area contributed by atoms with Gasteiger partial charge in [-0.3, -0.25) is 5.10 Å². The SMILES string of the molecule is COc1ccc(S(=O)(=O)NC(C)c2n[nH]c(C)n2)cc1OC. The lowest BCUT2D eigenvalue weighted by atomic mass is 10.3. The van der Waals surface area contributed by atoms with Crippen LogP contribution in [-0.2, 0) is 10.0 Å². The standard InChI is InChI=1S/C13H18N4O4S/c1-8(13-14-9(2)15-16-13)17-22(18,19)10-5-6-11(20-3)12(7-10)21-4/h5-8,17H,1-4H3,(H,14,15,16). The molecule has 1 atom stereocenters. The van der Waals surface area contributed by atoms with Crippen molar-refractivity contribution in [1.82, 2.24) is 19.9 Å². The molecular formula is C13H18N4O4S. The Labute approximate surface area is 128 Å². The molecule has 22 heavy (non-hydrogen) atoms. The Balaban J connectivity index is 2.26. The fraction of sp³-hybridized carbons (Fsp3) is 0.385. The van der Waals surface area contributed by atoms with Crippen LogP contribution in [0.5, 0.6) is 11.5 Å². The minimum absolute atomic E-state index is 0.0734. The quantitative estimate of drug-likeness (QED) is 0.825. The van der Waals surface area contributed by atoms with Crippen molar-refractivity contribution in [2.45, 2.75) is 24.8 Å². The molecule has 0 amide bonds. The van der Waals surface area contributed by atoms with Crippen molar-refractivity contribution in [2.75, 3.05) is 14.2 Å². The van der Waals surface area contributed by atoms with Crippen LogP contribution in [0.3, 0.4) is 0 Å². The zero-order valence-electron chi connectivity index (χ0n) is 12.7. The van der Waals surface area contributed by atoms with Crippen LogP contribution < -0.4 is 14.2 Å². The number of aromatic nitrogens is 3. The first-order valence-electron chi connectivity index (χ1n) is 6.50. The topological polar surface area (TPSA) is 106 Å². The van der Waals surface area contributed by atoms with Crippen LogP contribution in [-0.4, -0.2) is 37.8 Å². The number of nitrogens with one attached hydrogen (secondary N) is 2. The van der Waals surface area contributed by atoms with Crippen molar-refractivity contribution in [1.29, 1.82) is 0 Å². The second kappa shape index (κ2) is 6.32. The largest absolute Gasteiger partial charge is 0.493 e. The monoisotopic (exact) mass is 326 g/mol. The summed E-state index contributed by atoms with van der Waals surface area (Å²) >= 11 is 0. The van der Waals surface area contributed by atoms with E-state index in [1.54, 1.807) is 13.8 Å². The lowest BCUT2D eigenvalue weighted by Gasteiger charge is -2.13. The minimum Gasteiger partial charge on any atom is -0.493 e. The van der Waals surface area contributed by atoms with Gasteiger partial charge in [0.05, 0.1) is 25.2 Å². The van der Waals surface area contributed by atoms with Gasteiger partial charge in [-0.15, -0.1) is 0 Å². The molecule has 0 fully saturated rings. The highest BCUT2D eigenvalue weighted by molar-refractivity contribution is 7.89. The number of rotatable bonds is 6. The van der Waals surface area contributed by atoms with E-state index in [0.29, 0.717) is 23.1 Å². The second-order valence-electron chi connectivity index (χ2n) is 4.64. The third kappa shape index (κ3) is 3.37. The van der Waals surface area contributed by atoms with E-state index >= 15 is 0 Å². The van der Waals surface area contributed by atoms with Gasteiger partial charge >= 0.3 is 0 Å². The Bertz CT molecular complexity index is 757. The highest BCUT2D eigenvalue weighted by Gasteiger charge is 2.22. The summed E-state index contributed by atoms with van der Waals surface area (Å²) in [6.07, 6.45) is 0. The van der Waals surface area contributed by atoms with Gasteiger partial charge < -0.3 is 9.47 Å². The minimum atomic E-state index is -3.74. The Hall–Kier alpha value is -2.13. The molecule has 0 saturated carbocycles. The van der Waals surface area contributed by atoms with E-state index in [0.717, 1.165) is 0 Å². The number of ether oxygens (including phenoxy) is 2. The maximum absolute atomic E-state index is 12.4. The Kier molecular flexibility index (Phi) is 4.67. The summed E-state index contributed by atoms with van der Waals surface area (Å²) in [7, 11) is -0.806. The van der Waals surface area contributed by atoms with Gasteiger partial charge in [-0.1, -0.05) is 0 Å². The first-order chi connectivity index (χ1) is 10.4. The van der Waals surface area contributed by atoms with Crippen LogP contribution in [0.4, 0.5) is 0 Å². The van der Waals surface area contributed by atoms with Crippen LogP contribution in [0, 0.1) is 6.92 Å². The van der Waals surface area contributed by atoms with Crippen LogP contribution in [0.2, 0.25) is 0 Å². The lowest BCUT2D eigenvalue weighted by Crippen LogP contribution is -2.27. The van der Waals surface area contributed by atoms with Crippen molar-refractivity contribution >= 4 is 10.0 Å². The van der Waals surface area contributed by atoms with Gasteiger partial charge in [0.25, 0.3) is 0 Å². The van der Waals surface area contributed by atoms with Crippen molar-refractivity contribution < 1.29 is 17.9 Å².